The standard InChI is InChI=1S/C33H38FN9/c34-27-20-24(8-9-28(27)41-18-12-25(13-19-41)40-14-4-5-15-40)36-33-38-32(35)43(39-33)29-21-26(22-6-2-1-3-7-22)31-30(37-29)23-10-16-42(31)17-11-23/h1-3,6-9,20-21,23,25H,4-5,10-19H2,(H3,35,36,38,39). The van der Waals surface area contributed by atoms with Crippen LogP contribution in [0.25, 0.3) is 16.9 Å². The van der Waals surface area contributed by atoms with Crippen molar-refractivity contribution in [2.45, 2.75) is 50.5 Å². The number of anilines is 5. The Balaban J connectivity index is 1.03. The first kappa shape index (κ1) is 26.4. The number of nitrogens with zero attached hydrogens (tertiary/aromatic N) is 7. The van der Waals surface area contributed by atoms with Crippen molar-refractivity contribution in [2.24, 2.45) is 0 Å². The van der Waals surface area contributed by atoms with Gasteiger partial charge in [0, 0.05) is 49.4 Å². The van der Waals surface area contributed by atoms with Crippen molar-refractivity contribution >= 4 is 29.0 Å². The summed E-state index contributed by atoms with van der Waals surface area (Å²) in [6.07, 6.45) is 6.99. The maximum absolute atomic E-state index is 15.3. The van der Waals surface area contributed by atoms with Gasteiger partial charge in [-0.3, -0.25) is 0 Å². The first-order valence-corrected chi connectivity index (χ1v) is 15.7. The van der Waals surface area contributed by atoms with Crippen LogP contribution in [-0.4, -0.2) is 70.0 Å². The molecular weight excluding hydrogens is 541 g/mol. The largest absolute Gasteiger partial charge is 0.370 e. The summed E-state index contributed by atoms with van der Waals surface area (Å²) in [6.45, 7) is 6.30. The van der Waals surface area contributed by atoms with Gasteiger partial charge >= 0.3 is 0 Å². The zero-order chi connectivity index (χ0) is 28.9. The molecule has 10 heteroatoms. The molecule has 2 bridgehead atoms. The molecule has 222 valence electrons. The fraction of sp³-hybridized carbons (Fsp3) is 0.424. The number of nitrogens with two attached hydrogens (primary N) is 1. The Kier molecular flexibility index (Phi) is 6.66. The summed E-state index contributed by atoms with van der Waals surface area (Å²) in [5.74, 6) is 1.36. The number of fused-ring (bicyclic) bond motifs is 2. The summed E-state index contributed by atoms with van der Waals surface area (Å²) < 4.78 is 16.9. The number of pyridine rings is 1. The topological polar surface area (TPSA) is 91.4 Å². The first-order valence-electron chi connectivity index (χ1n) is 15.7. The number of piperidine rings is 2. The van der Waals surface area contributed by atoms with Gasteiger partial charge in [-0.2, -0.15) is 9.67 Å². The van der Waals surface area contributed by atoms with Crippen LogP contribution in [0.1, 0.15) is 50.1 Å². The van der Waals surface area contributed by atoms with Gasteiger partial charge in [-0.05, 0) is 81.4 Å². The van der Waals surface area contributed by atoms with Crippen LogP contribution in [0, 0.1) is 5.82 Å². The Morgan fingerprint density at radius 1 is 0.814 bits per heavy atom. The highest BCUT2D eigenvalue weighted by Gasteiger charge is 2.35. The lowest BCUT2D eigenvalue weighted by Crippen LogP contribution is -2.44. The molecule has 0 amide bonds. The Labute approximate surface area is 251 Å². The number of benzene rings is 2. The van der Waals surface area contributed by atoms with Crippen molar-refractivity contribution in [2.75, 3.05) is 60.1 Å². The highest BCUT2D eigenvalue weighted by Crippen LogP contribution is 2.46. The van der Waals surface area contributed by atoms with Crippen molar-refractivity contribution in [1.29, 1.82) is 0 Å². The maximum Gasteiger partial charge on any atom is 0.248 e. The molecule has 2 aromatic carbocycles. The van der Waals surface area contributed by atoms with Gasteiger partial charge in [0.25, 0.3) is 0 Å². The van der Waals surface area contributed by atoms with E-state index in [2.05, 4.69) is 60.4 Å². The monoisotopic (exact) mass is 579 g/mol. The van der Waals surface area contributed by atoms with Crippen LogP contribution >= 0.6 is 0 Å². The molecule has 0 spiro atoms. The highest BCUT2D eigenvalue weighted by atomic mass is 19.1. The lowest BCUT2D eigenvalue weighted by atomic mass is 9.84. The minimum absolute atomic E-state index is 0.230. The minimum Gasteiger partial charge on any atom is -0.370 e. The van der Waals surface area contributed by atoms with Crippen LogP contribution in [-0.2, 0) is 0 Å². The normalized spacial score (nSPS) is 19.3. The Bertz CT molecular complexity index is 1620. The van der Waals surface area contributed by atoms with Crippen molar-refractivity contribution in [3.63, 3.8) is 0 Å². The van der Waals surface area contributed by atoms with Crippen LogP contribution in [0.5, 0.6) is 0 Å². The van der Waals surface area contributed by atoms with Crippen LogP contribution in [0.15, 0.2) is 54.6 Å². The van der Waals surface area contributed by atoms with Gasteiger partial charge in [-0.25, -0.2) is 9.37 Å². The van der Waals surface area contributed by atoms with Crippen LogP contribution in [0.3, 0.4) is 0 Å². The predicted octanol–water partition coefficient (Wildman–Crippen LogP) is 5.56. The van der Waals surface area contributed by atoms with E-state index in [4.69, 9.17) is 10.7 Å². The van der Waals surface area contributed by atoms with Crippen LogP contribution in [0.2, 0.25) is 0 Å². The van der Waals surface area contributed by atoms with Crippen molar-refractivity contribution < 1.29 is 4.39 Å². The van der Waals surface area contributed by atoms with Gasteiger partial charge in [-0.1, -0.05) is 30.3 Å². The van der Waals surface area contributed by atoms with Crippen molar-refractivity contribution in [3.05, 3.63) is 66.1 Å². The van der Waals surface area contributed by atoms with E-state index in [0.29, 0.717) is 35.1 Å². The maximum atomic E-state index is 15.3. The van der Waals surface area contributed by atoms with E-state index in [1.807, 2.05) is 18.2 Å². The molecular formula is C33H38FN9. The third-order valence-electron chi connectivity index (χ3n) is 9.80. The number of nitrogen functional groups attached to an aromatic ring is 1. The molecule has 0 atom stereocenters. The summed E-state index contributed by atoms with van der Waals surface area (Å²) in [6, 6.07) is 18.4. The molecule has 5 aliphatic heterocycles. The zero-order valence-corrected chi connectivity index (χ0v) is 24.4. The average molecular weight is 580 g/mol. The van der Waals surface area contributed by atoms with E-state index in [-0.39, 0.29) is 11.8 Å². The molecule has 0 aliphatic carbocycles. The number of hydrogen-bond acceptors (Lipinski definition) is 8. The van der Waals surface area contributed by atoms with Crippen molar-refractivity contribution in [1.82, 2.24) is 24.6 Å². The number of hydrogen-bond donors (Lipinski definition) is 2. The molecule has 9 nitrogen and oxygen atoms in total. The molecule has 3 fully saturated rings. The van der Waals surface area contributed by atoms with E-state index in [0.717, 1.165) is 68.7 Å². The van der Waals surface area contributed by atoms with E-state index in [1.165, 1.54) is 37.7 Å². The van der Waals surface area contributed by atoms with E-state index >= 15 is 4.39 Å². The van der Waals surface area contributed by atoms with E-state index < -0.39 is 0 Å². The summed E-state index contributed by atoms with van der Waals surface area (Å²) in [5, 5.41) is 7.83. The minimum atomic E-state index is -0.245. The number of rotatable bonds is 6. The highest BCUT2D eigenvalue weighted by molar-refractivity contribution is 5.83. The summed E-state index contributed by atoms with van der Waals surface area (Å²) in [7, 11) is 0. The Morgan fingerprint density at radius 2 is 1.56 bits per heavy atom. The number of aromatic nitrogens is 4. The van der Waals surface area contributed by atoms with Gasteiger partial charge in [0.1, 0.15) is 5.82 Å². The van der Waals surface area contributed by atoms with Gasteiger partial charge < -0.3 is 25.8 Å². The lowest BCUT2D eigenvalue weighted by Gasteiger charge is -2.42. The van der Waals surface area contributed by atoms with Crippen LogP contribution < -0.4 is 20.9 Å². The van der Waals surface area contributed by atoms with Gasteiger partial charge in [0.05, 0.1) is 17.1 Å². The van der Waals surface area contributed by atoms with Gasteiger partial charge in [0.2, 0.25) is 11.9 Å². The van der Waals surface area contributed by atoms with Crippen molar-refractivity contribution in [3.8, 4) is 16.9 Å². The summed E-state index contributed by atoms with van der Waals surface area (Å²) >= 11 is 0. The Hall–Kier alpha value is -4.18. The summed E-state index contributed by atoms with van der Waals surface area (Å²) in [5.41, 5.74) is 12.2. The molecule has 7 heterocycles. The SMILES string of the molecule is Nc1nc(Nc2ccc(N3CCC(N4CCCC4)CC3)c(F)c2)nn1-c1cc(-c2ccccc2)c2c(n1)C1CCN2CC1. The Morgan fingerprint density at radius 3 is 2.30 bits per heavy atom. The molecule has 5 aliphatic rings. The molecule has 2 aromatic heterocycles. The molecule has 0 radical (unpaired) electrons. The lowest BCUT2D eigenvalue weighted by molar-refractivity contribution is 0.207. The molecule has 3 N–H and O–H groups in total. The number of nitrogens with one attached hydrogen (secondary N) is 1. The average Bonchev–Trinajstić information content (AvgIpc) is 3.72. The second-order valence-electron chi connectivity index (χ2n) is 12.3. The summed E-state index contributed by atoms with van der Waals surface area (Å²) in [4.78, 5) is 16.8. The van der Waals surface area contributed by atoms with Crippen LogP contribution in [0.4, 0.5) is 33.3 Å². The molecule has 9 rings (SSSR count). The third-order valence-corrected chi connectivity index (χ3v) is 9.80. The van der Waals surface area contributed by atoms with E-state index in [9.17, 15) is 0 Å². The first-order chi connectivity index (χ1) is 21.1. The second kappa shape index (κ2) is 10.8. The van der Waals surface area contributed by atoms with Gasteiger partial charge in [-0.15, -0.1) is 5.10 Å². The molecule has 4 aromatic rings. The van der Waals surface area contributed by atoms with Gasteiger partial charge in [0.15, 0.2) is 5.82 Å². The smallest absolute Gasteiger partial charge is 0.248 e. The third kappa shape index (κ3) is 4.87. The zero-order valence-electron chi connectivity index (χ0n) is 24.4. The fourth-order valence-corrected chi connectivity index (χ4v) is 7.58. The molecule has 0 unspecified atom stereocenters. The number of likely N-dealkylation sites (tertiary alicyclic amines) is 1. The number of halogens is 1. The quantitative estimate of drug-likeness (QED) is 0.307. The second-order valence-corrected chi connectivity index (χ2v) is 12.3. The molecule has 43 heavy (non-hydrogen) atoms. The fourth-order valence-electron chi connectivity index (χ4n) is 7.58. The molecule has 3 saturated heterocycles. The molecule has 0 saturated carbocycles. The predicted molar refractivity (Wildman–Crippen MR) is 169 cm³/mol. The van der Waals surface area contributed by atoms with E-state index in [1.54, 1.807) is 4.68 Å².